The van der Waals surface area contributed by atoms with E-state index >= 15 is 0 Å². The summed E-state index contributed by atoms with van der Waals surface area (Å²) in [6.07, 6.45) is 7.39. The molecule has 0 bridgehead atoms. The Hall–Kier alpha value is -3.45. The number of rotatable bonds is 11. The molecule has 3 aromatic rings. The van der Waals surface area contributed by atoms with E-state index in [0.29, 0.717) is 37.7 Å². The molecule has 2 heterocycles. The largest absolute Gasteiger partial charge is 0.493 e. The minimum Gasteiger partial charge on any atom is -0.493 e. The van der Waals surface area contributed by atoms with Gasteiger partial charge in [0.05, 0.1) is 18.7 Å². The third-order valence-electron chi connectivity index (χ3n) is 6.97. The van der Waals surface area contributed by atoms with Crippen LogP contribution < -0.4 is 9.47 Å². The van der Waals surface area contributed by atoms with Gasteiger partial charge in [-0.2, -0.15) is 5.10 Å². The maximum absolute atomic E-state index is 13.4. The topological polar surface area (TPSA) is 84.5 Å². The summed E-state index contributed by atoms with van der Waals surface area (Å²) in [5.74, 6) is 2.09. The highest BCUT2D eigenvalue weighted by Gasteiger charge is 2.29. The Labute approximate surface area is 211 Å². The van der Waals surface area contributed by atoms with Crippen LogP contribution in [0.15, 0.2) is 48.8 Å². The molecule has 1 unspecified atom stereocenters. The lowest BCUT2D eigenvalue weighted by Crippen LogP contribution is -2.29. The number of carbonyl (C=O) groups is 2. The lowest BCUT2D eigenvalue weighted by atomic mass is 9.88. The van der Waals surface area contributed by atoms with Gasteiger partial charge in [0.2, 0.25) is 0 Å². The van der Waals surface area contributed by atoms with E-state index in [1.807, 2.05) is 56.7 Å². The third-order valence-corrected chi connectivity index (χ3v) is 6.97. The summed E-state index contributed by atoms with van der Waals surface area (Å²) in [5.41, 5.74) is 4.49. The highest BCUT2D eigenvalue weighted by atomic mass is 16.5. The first-order valence-corrected chi connectivity index (χ1v) is 12.7. The van der Waals surface area contributed by atoms with Crippen molar-refractivity contribution in [1.29, 1.82) is 0 Å². The minimum absolute atomic E-state index is 0.115. The number of Topliss-reactive ketones (excluding diaryl/α,β-unsaturated/α-hetero) is 2. The molecule has 1 fully saturated rings. The molecule has 1 atom stereocenters. The number of aromatic amines is 1. The van der Waals surface area contributed by atoms with Crippen molar-refractivity contribution in [3.05, 3.63) is 65.5 Å². The third kappa shape index (κ3) is 5.85. The van der Waals surface area contributed by atoms with E-state index < -0.39 is 0 Å². The quantitative estimate of drug-likeness (QED) is 0.405. The number of H-pyrrole nitrogens is 1. The SMILES string of the molecule is CN(C)CCOc1cc(-c2cn[nH]c2)ccc1CC(=O)C1COc2ccc(C(=O)CC3CC3)cc2C1. The number of ether oxygens (including phenoxy) is 2. The first-order valence-electron chi connectivity index (χ1n) is 12.7. The van der Waals surface area contributed by atoms with Crippen LogP contribution in [0, 0.1) is 11.8 Å². The van der Waals surface area contributed by atoms with Crippen molar-refractivity contribution in [2.24, 2.45) is 11.8 Å². The fraction of sp³-hybridized carbons (Fsp3) is 0.414. The summed E-state index contributed by atoms with van der Waals surface area (Å²) in [6.45, 7) is 1.66. The molecule has 36 heavy (non-hydrogen) atoms. The van der Waals surface area contributed by atoms with Gasteiger partial charge in [-0.1, -0.05) is 12.1 Å². The predicted octanol–water partition coefficient (Wildman–Crippen LogP) is 4.36. The second kappa shape index (κ2) is 10.7. The highest BCUT2D eigenvalue weighted by molar-refractivity contribution is 5.97. The molecule has 2 aromatic carbocycles. The van der Waals surface area contributed by atoms with Gasteiger partial charge in [0.25, 0.3) is 0 Å². The first kappa shape index (κ1) is 24.3. The number of carbonyl (C=O) groups excluding carboxylic acids is 2. The molecule has 1 aromatic heterocycles. The molecule has 5 rings (SSSR count). The zero-order valence-electron chi connectivity index (χ0n) is 21.0. The van der Waals surface area contributed by atoms with E-state index in [9.17, 15) is 9.59 Å². The van der Waals surface area contributed by atoms with E-state index in [1.54, 1.807) is 6.20 Å². The molecule has 1 aliphatic carbocycles. The van der Waals surface area contributed by atoms with Crippen LogP contribution in [0.3, 0.4) is 0 Å². The van der Waals surface area contributed by atoms with Crippen molar-refractivity contribution in [1.82, 2.24) is 15.1 Å². The standard InChI is InChI=1S/C29H33N3O4/c1-32(2)9-10-35-29-15-20(25-16-30-31-17-25)5-6-22(29)14-27(34)24-13-23-12-21(7-8-28(23)36-18-24)26(33)11-19-3-4-19/h5-8,12,15-17,19,24H,3-4,9-11,13-14,18H2,1-2H3,(H,30,31). The lowest BCUT2D eigenvalue weighted by molar-refractivity contribution is -0.123. The summed E-state index contributed by atoms with van der Waals surface area (Å²) in [5, 5.41) is 6.88. The summed E-state index contributed by atoms with van der Waals surface area (Å²) in [4.78, 5) is 28.0. The number of fused-ring (bicyclic) bond motifs is 1. The van der Waals surface area contributed by atoms with Crippen LogP contribution in [0.25, 0.3) is 11.1 Å². The summed E-state index contributed by atoms with van der Waals surface area (Å²) in [7, 11) is 4.00. The van der Waals surface area contributed by atoms with Crippen LogP contribution >= 0.6 is 0 Å². The molecule has 7 nitrogen and oxygen atoms in total. The first-order chi connectivity index (χ1) is 17.5. The number of hydrogen-bond donors (Lipinski definition) is 1. The number of nitrogens with one attached hydrogen (secondary N) is 1. The summed E-state index contributed by atoms with van der Waals surface area (Å²) < 4.78 is 12.1. The fourth-order valence-corrected chi connectivity index (χ4v) is 4.57. The second-order valence-corrected chi connectivity index (χ2v) is 10.2. The van der Waals surface area contributed by atoms with Gasteiger partial charge in [-0.15, -0.1) is 0 Å². The number of ketones is 2. The van der Waals surface area contributed by atoms with E-state index in [1.165, 1.54) is 0 Å². The Morgan fingerprint density at radius 1 is 1.14 bits per heavy atom. The molecule has 2 aliphatic rings. The molecular formula is C29H33N3O4. The average Bonchev–Trinajstić information content (AvgIpc) is 3.51. The monoisotopic (exact) mass is 487 g/mol. The summed E-state index contributed by atoms with van der Waals surface area (Å²) in [6, 6.07) is 11.6. The zero-order valence-corrected chi connectivity index (χ0v) is 21.0. The molecule has 0 amide bonds. The number of likely N-dealkylation sites (N-methyl/N-ethyl adjacent to an activating group) is 1. The van der Waals surface area contributed by atoms with E-state index in [2.05, 4.69) is 15.1 Å². The number of aromatic nitrogens is 2. The molecule has 1 saturated carbocycles. The van der Waals surface area contributed by atoms with Gasteiger partial charge in [-0.05, 0) is 74.7 Å². The van der Waals surface area contributed by atoms with Gasteiger partial charge in [-0.25, -0.2) is 0 Å². The Morgan fingerprint density at radius 2 is 2.00 bits per heavy atom. The molecular weight excluding hydrogens is 454 g/mol. The molecule has 0 spiro atoms. The van der Waals surface area contributed by atoms with Crippen LogP contribution in [-0.2, 0) is 17.6 Å². The highest BCUT2D eigenvalue weighted by Crippen LogP contribution is 2.35. The fourth-order valence-electron chi connectivity index (χ4n) is 4.57. The maximum atomic E-state index is 13.4. The van der Waals surface area contributed by atoms with Gasteiger partial charge >= 0.3 is 0 Å². The summed E-state index contributed by atoms with van der Waals surface area (Å²) >= 11 is 0. The number of hydrogen-bond acceptors (Lipinski definition) is 6. The van der Waals surface area contributed by atoms with Crippen LogP contribution in [0.2, 0.25) is 0 Å². The van der Waals surface area contributed by atoms with Crippen molar-refractivity contribution >= 4 is 11.6 Å². The Bertz CT molecular complexity index is 1230. The van der Waals surface area contributed by atoms with Gasteiger partial charge in [-0.3, -0.25) is 14.7 Å². The maximum Gasteiger partial charge on any atom is 0.163 e. The van der Waals surface area contributed by atoms with Crippen molar-refractivity contribution in [2.45, 2.75) is 32.1 Å². The van der Waals surface area contributed by atoms with Crippen molar-refractivity contribution in [2.75, 3.05) is 33.9 Å². The Kier molecular flexibility index (Phi) is 7.18. The molecule has 1 N–H and O–H groups in total. The minimum atomic E-state index is -0.255. The lowest BCUT2D eigenvalue weighted by Gasteiger charge is -2.25. The molecule has 1 aliphatic heterocycles. The molecule has 0 radical (unpaired) electrons. The second-order valence-electron chi connectivity index (χ2n) is 10.2. The number of benzene rings is 2. The predicted molar refractivity (Wildman–Crippen MR) is 138 cm³/mol. The van der Waals surface area contributed by atoms with Crippen molar-refractivity contribution < 1.29 is 19.1 Å². The van der Waals surface area contributed by atoms with Crippen LogP contribution in [0.4, 0.5) is 0 Å². The van der Waals surface area contributed by atoms with Crippen LogP contribution in [0.5, 0.6) is 11.5 Å². The van der Waals surface area contributed by atoms with Crippen LogP contribution in [-0.4, -0.2) is 60.5 Å². The normalized spacial score (nSPS) is 16.9. The Balaban J connectivity index is 1.30. The molecule has 188 valence electrons. The average molecular weight is 488 g/mol. The molecule has 0 saturated heterocycles. The van der Waals surface area contributed by atoms with Crippen molar-refractivity contribution in [3.63, 3.8) is 0 Å². The van der Waals surface area contributed by atoms with Gasteiger partial charge in [0.1, 0.15) is 23.9 Å². The van der Waals surface area contributed by atoms with E-state index in [-0.39, 0.29) is 23.9 Å². The van der Waals surface area contributed by atoms with Gasteiger partial charge in [0.15, 0.2) is 5.78 Å². The van der Waals surface area contributed by atoms with Crippen molar-refractivity contribution in [3.8, 4) is 22.6 Å². The Morgan fingerprint density at radius 3 is 2.75 bits per heavy atom. The van der Waals surface area contributed by atoms with Crippen LogP contribution in [0.1, 0.15) is 40.7 Å². The smallest absolute Gasteiger partial charge is 0.163 e. The van der Waals surface area contributed by atoms with E-state index in [4.69, 9.17) is 9.47 Å². The molecule has 7 heteroatoms. The number of nitrogens with zero attached hydrogens (tertiary/aromatic N) is 2. The van der Waals surface area contributed by atoms with Gasteiger partial charge < -0.3 is 14.4 Å². The van der Waals surface area contributed by atoms with Gasteiger partial charge in [0, 0.05) is 42.3 Å². The van der Waals surface area contributed by atoms with E-state index in [0.717, 1.165) is 53.0 Å². The zero-order chi connectivity index (χ0) is 25.1.